The van der Waals surface area contributed by atoms with Gasteiger partial charge in [0.1, 0.15) is 5.69 Å². The average Bonchev–Trinajstić information content (AvgIpc) is 2.36. The number of hydrogen-bond acceptors (Lipinski definition) is 3. The Labute approximate surface area is 115 Å². The number of pyridine rings is 1. The van der Waals surface area contributed by atoms with Crippen LogP contribution in [0.15, 0.2) is 18.2 Å². The number of aromatic nitrogens is 1. The molecule has 0 aliphatic heterocycles. The molecule has 0 spiro atoms. The van der Waals surface area contributed by atoms with E-state index in [-0.39, 0.29) is 22.7 Å². The summed E-state index contributed by atoms with van der Waals surface area (Å²) < 4.78 is 38.9. The maximum absolute atomic E-state index is 13.0. The Bertz CT molecular complexity index is 648. The summed E-state index contributed by atoms with van der Waals surface area (Å²) in [6.45, 7) is 5.40. The number of rotatable bonds is 2. The zero-order valence-electron chi connectivity index (χ0n) is 11.5. The highest BCUT2D eigenvalue weighted by atomic mass is 19.4. The molecule has 0 fully saturated rings. The van der Waals surface area contributed by atoms with Crippen LogP contribution in [-0.4, -0.2) is 4.98 Å². The van der Waals surface area contributed by atoms with Gasteiger partial charge in [-0.15, -0.1) is 0 Å². The van der Waals surface area contributed by atoms with Crippen LogP contribution in [0.5, 0.6) is 0 Å². The lowest BCUT2D eigenvalue weighted by Crippen LogP contribution is -2.16. The predicted molar refractivity (Wildman–Crippen MR) is 73.4 cm³/mol. The molecule has 108 valence electrons. The van der Waals surface area contributed by atoms with Crippen LogP contribution in [0.2, 0.25) is 0 Å². The molecule has 1 aromatic heterocycles. The summed E-state index contributed by atoms with van der Waals surface area (Å²) in [4.78, 5) is 3.73. The van der Waals surface area contributed by atoms with E-state index in [1.807, 2.05) is 19.9 Å². The molecule has 0 saturated heterocycles. The van der Waals surface area contributed by atoms with Crippen molar-refractivity contribution < 1.29 is 13.2 Å². The van der Waals surface area contributed by atoms with E-state index in [1.54, 1.807) is 12.1 Å². The van der Waals surface area contributed by atoms with E-state index in [1.165, 1.54) is 6.92 Å². The summed E-state index contributed by atoms with van der Waals surface area (Å²) >= 11 is 0. The van der Waals surface area contributed by atoms with E-state index < -0.39 is 11.9 Å². The van der Waals surface area contributed by atoms with E-state index in [0.717, 1.165) is 5.56 Å². The molecule has 2 aromatic rings. The fourth-order valence-electron chi connectivity index (χ4n) is 2.20. The van der Waals surface area contributed by atoms with Gasteiger partial charge in [0.05, 0.1) is 11.2 Å². The van der Waals surface area contributed by atoms with Crippen molar-refractivity contribution in [1.82, 2.24) is 4.98 Å². The summed E-state index contributed by atoms with van der Waals surface area (Å²) in [5.41, 5.74) is 3.05. The maximum Gasteiger partial charge on any atom is 0.433 e. The number of halogens is 3. The van der Waals surface area contributed by atoms with Crippen LogP contribution in [0, 0.1) is 6.92 Å². The first kappa shape index (κ1) is 14.6. The highest BCUT2D eigenvalue weighted by Crippen LogP contribution is 2.37. The van der Waals surface area contributed by atoms with Crippen molar-refractivity contribution >= 4 is 16.6 Å². The molecule has 6 heteroatoms. The molecule has 1 heterocycles. The number of nitrogens with two attached hydrogens (primary N) is 1. The molecule has 3 N–H and O–H groups in total. The van der Waals surface area contributed by atoms with Crippen molar-refractivity contribution in [1.29, 1.82) is 0 Å². The van der Waals surface area contributed by atoms with E-state index in [0.29, 0.717) is 5.39 Å². The Kier molecular flexibility index (Phi) is 3.60. The number of nitrogen functional groups attached to an aromatic ring is 1. The molecule has 0 atom stereocenters. The van der Waals surface area contributed by atoms with Gasteiger partial charge in [-0.25, -0.2) is 4.98 Å². The summed E-state index contributed by atoms with van der Waals surface area (Å²) in [6.07, 6.45) is -4.50. The third kappa shape index (κ3) is 2.43. The molecule has 3 nitrogen and oxygen atoms in total. The molecule has 0 aliphatic rings. The van der Waals surface area contributed by atoms with Crippen LogP contribution in [0.3, 0.4) is 0 Å². The molecule has 1 aromatic carbocycles. The first-order valence-corrected chi connectivity index (χ1v) is 6.23. The highest BCUT2D eigenvalue weighted by molar-refractivity contribution is 5.93. The summed E-state index contributed by atoms with van der Waals surface area (Å²) in [5.74, 6) is 5.68. The SMILES string of the molecule is Cc1c(C(F)(F)F)nc2ccc(C(C)C)cc2c1NN. The van der Waals surface area contributed by atoms with E-state index in [4.69, 9.17) is 5.84 Å². The Morgan fingerprint density at radius 2 is 1.90 bits per heavy atom. The number of hydrazine groups is 1. The minimum absolute atomic E-state index is 0.00778. The van der Waals surface area contributed by atoms with Gasteiger partial charge in [-0.2, -0.15) is 13.2 Å². The predicted octanol–water partition coefficient (Wildman–Crippen LogP) is 3.97. The minimum Gasteiger partial charge on any atom is -0.323 e. The number of hydrogen-bond donors (Lipinski definition) is 2. The van der Waals surface area contributed by atoms with Gasteiger partial charge in [-0.3, -0.25) is 5.84 Å². The van der Waals surface area contributed by atoms with Crippen molar-refractivity contribution in [2.24, 2.45) is 5.84 Å². The van der Waals surface area contributed by atoms with Crippen molar-refractivity contribution in [2.75, 3.05) is 5.43 Å². The van der Waals surface area contributed by atoms with E-state index in [2.05, 4.69) is 10.4 Å². The summed E-state index contributed by atoms with van der Waals surface area (Å²) in [7, 11) is 0. The second kappa shape index (κ2) is 4.94. The number of nitrogens with one attached hydrogen (secondary N) is 1. The van der Waals surface area contributed by atoms with Gasteiger partial charge < -0.3 is 5.43 Å². The van der Waals surface area contributed by atoms with Crippen LogP contribution < -0.4 is 11.3 Å². The third-order valence-corrected chi connectivity index (χ3v) is 3.33. The molecule has 0 unspecified atom stereocenters. The van der Waals surface area contributed by atoms with Crippen LogP contribution >= 0.6 is 0 Å². The Morgan fingerprint density at radius 3 is 2.40 bits per heavy atom. The van der Waals surface area contributed by atoms with Gasteiger partial charge in [0, 0.05) is 10.9 Å². The topological polar surface area (TPSA) is 50.9 Å². The molecular formula is C14H16F3N3. The number of fused-ring (bicyclic) bond motifs is 1. The number of alkyl halides is 3. The molecule has 0 radical (unpaired) electrons. The quantitative estimate of drug-likeness (QED) is 0.647. The van der Waals surface area contributed by atoms with Crippen LogP contribution in [0.25, 0.3) is 10.9 Å². The highest BCUT2D eigenvalue weighted by Gasteiger charge is 2.36. The lowest BCUT2D eigenvalue weighted by Gasteiger charge is -2.17. The van der Waals surface area contributed by atoms with E-state index in [9.17, 15) is 13.2 Å². The molecule has 0 amide bonds. The largest absolute Gasteiger partial charge is 0.433 e. The van der Waals surface area contributed by atoms with Gasteiger partial charge in [0.25, 0.3) is 0 Å². The maximum atomic E-state index is 13.0. The van der Waals surface area contributed by atoms with Gasteiger partial charge in [0.15, 0.2) is 0 Å². The molecule has 2 rings (SSSR count). The fraction of sp³-hybridized carbons (Fsp3) is 0.357. The lowest BCUT2D eigenvalue weighted by molar-refractivity contribution is -0.141. The third-order valence-electron chi connectivity index (χ3n) is 3.33. The zero-order valence-corrected chi connectivity index (χ0v) is 11.5. The monoisotopic (exact) mass is 283 g/mol. The fourth-order valence-corrected chi connectivity index (χ4v) is 2.20. The van der Waals surface area contributed by atoms with E-state index >= 15 is 0 Å². The second-order valence-electron chi connectivity index (χ2n) is 5.03. The van der Waals surface area contributed by atoms with Crippen LogP contribution in [-0.2, 0) is 6.18 Å². The molecule has 0 aliphatic carbocycles. The summed E-state index contributed by atoms with van der Waals surface area (Å²) in [6, 6.07) is 5.21. The number of benzene rings is 1. The van der Waals surface area contributed by atoms with Crippen LogP contribution in [0.1, 0.15) is 36.6 Å². The zero-order chi connectivity index (χ0) is 15.1. The van der Waals surface area contributed by atoms with Crippen molar-refractivity contribution in [3.05, 3.63) is 35.0 Å². The smallest absolute Gasteiger partial charge is 0.323 e. The molecule has 0 bridgehead atoms. The second-order valence-corrected chi connectivity index (χ2v) is 5.03. The Hall–Kier alpha value is -1.82. The average molecular weight is 283 g/mol. The van der Waals surface area contributed by atoms with Gasteiger partial charge >= 0.3 is 6.18 Å². The van der Waals surface area contributed by atoms with Gasteiger partial charge in [-0.05, 0) is 30.5 Å². The molecule has 20 heavy (non-hydrogen) atoms. The van der Waals surface area contributed by atoms with Crippen molar-refractivity contribution in [3.8, 4) is 0 Å². The number of anilines is 1. The number of nitrogens with zero attached hydrogens (tertiary/aromatic N) is 1. The van der Waals surface area contributed by atoms with Crippen molar-refractivity contribution in [3.63, 3.8) is 0 Å². The Morgan fingerprint density at radius 1 is 1.25 bits per heavy atom. The van der Waals surface area contributed by atoms with Gasteiger partial charge in [0.2, 0.25) is 0 Å². The standard InChI is InChI=1S/C14H16F3N3/c1-7(2)9-4-5-11-10(6-9)12(20-18)8(3)13(19-11)14(15,16)17/h4-7H,18H2,1-3H3,(H,19,20). The minimum atomic E-state index is -4.50. The molecule has 0 saturated carbocycles. The molecular weight excluding hydrogens is 267 g/mol. The Balaban J connectivity index is 2.81. The normalized spacial score (nSPS) is 12.2. The van der Waals surface area contributed by atoms with Crippen LogP contribution in [0.4, 0.5) is 18.9 Å². The first-order valence-electron chi connectivity index (χ1n) is 6.23. The first-order chi connectivity index (χ1) is 9.25. The lowest BCUT2D eigenvalue weighted by atomic mass is 9.98. The summed E-state index contributed by atoms with van der Waals surface area (Å²) in [5, 5.41) is 0.601. The van der Waals surface area contributed by atoms with Gasteiger partial charge in [-0.1, -0.05) is 19.9 Å². The van der Waals surface area contributed by atoms with Crippen molar-refractivity contribution in [2.45, 2.75) is 32.9 Å².